The zero-order valence-electron chi connectivity index (χ0n) is 19.5. The van der Waals surface area contributed by atoms with Crippen LogP contribution in [-0.2, 0) is 8.85 Å². The summed E-state index contributed by atoms with van der Waals surface area (Å²) in [6.45, 7) is 1.14. The molecule has 0 unspecified atom stereocenters. The van der Waals surface area contributed by atoms with Gasteiger partial charge in [0.15, 0.2) is 0 Å². The number of hydrogen-bond donors (Lipinski definition) is 0. The molecule has 0 bridgehead atoms. The van der Waals surface area contributed by atoms with Crippen molar-refractivity contribution in [2.45, 2.75) is 77.1 Å². The summed E-state index contributed by atoms with van der Waals surface area (Å²) in [6, 6.07) is 17.8. The van der Waals surface area contributed by atoms with Crippen LogP contribution in [0.5, 0.6) is 0 Å². The highest BCUT2D eigenvalue weighted by Gasteiger charge is 2.48. The number of hydrogen-bond acceptors (Lipinski definition) is 2. The van der Waals surface area contributed by atoms with Gasteiger partial charge in [0.25, 0.3) is 0 Å². The van der Waals surface area contributed by atoms with Crippen LogP contribution >= 0.6 is 0 Å². The summed E-state index contributed by atoms with van der Waals surface area (Å²) in [4.78, 5) is 0. The van der Waals surface area contributed by atoms with Gasteiger partial charge >= 0.3 is 20.9 Å². The molecule has 0 radical (unpaired) electrons. The fourth-order valence-corrected chi connectivity index (χ4v) is 6.92. The highest BCUT2D eigenvalue weighted by atomic mass is 28.4. The second kappa shape index (κ2) is 14.5. The van der Waals surface area contributed by atoms with E-state index >= 15 is 0 Å². The molecule has 184 valence electrons. The molecule has 0 aliphatic carbocycles. The van der Waals surface area contributed by atoms with Crippen LogP contribution in [0, 0.1) is 0 Å². The maximum atomic E-state index is 13.8. The molecule has 0 saturated carbocycles. The lowest BCUT2D eigenvalue weighted by atomic mass is 10.1. The third kappa shape index (κ3) is 8.87. The van der Waals surface area contributed by atoms with E-state index in [-0.39, 0.29) is 0 Å². The molecule has 7 heteroatoms. The van der Waals surface area contributed by atoms with Crippen LogP contribution in [0.3, 0.4) is 0 Å². The van der Waals surface area contributed by atoms with Gasteiger partial charge in [-0.2, -0.15) is 8.78 Å². The highest BCUT2D eigenvalue weighted by Crippen LogP contribution is 2.25. The van der Waals surface area contributed by atoms with E-state index < -0.39 is 27.5 Å². The molecule has 0 saturated heterocycles. The van der Waals surface area contributed by atoms with Crippen molar-refractivity contribution in [3.63, 3.8) is 0 Å². The maximum absolute atomic E-state index is 13.8. The molecular formula is C26H36F4O2Si. The minimum atomic E-state index is -4.25. The van der Waals surface area contributed by atoms with Crippen LogP contribution in [-0.4, -0.2) is 34.1 Å². The number of alkyl halides is 4. The monoisotopic (exact) mass is 484 g/mol. The summed E-state index contributed by atoms with van der Waals surface area (Å²) < 4.78 is 65.4. The topological polar surface area (TPSA) is 18.5 Å². The van der Waals surface area contributed by atoms with Crippen molar-refractivity contribution >= 4 is 18.9 Å². The van der Waals surface area contributed by atoms with Gasteiger partial charge in [0.05, 0.1) is 0 Å². The number of rotatable bonds is 17. The second-order valence-electron chi connectivity index (χ2n) is 8.38. The molecule has 0 aliphatic heterocycles. The Morgan fingerprint density at radius 1 is 0.697 bits per heavy atom. The molecule has 33 heavy (non-hydrogen) atoms. The molecule has 0 fully saturated rings. The lowest BCUT2D eigenvalue weighted by molar-refractivity contribution is -0.151. The first kappa shape index (κ1) is 27.5. The first-order valence-electron chi connectivity index (χ1n) is 12.0. The van der Waals surface area contributed by atoms with Gasteiger partial charge in [0, 0.05) is 6.61 Å². The zero-order chi connectivity index (χ0) is 24.0. The first-order chi connectivity index (χ1) is 15.9. The van der Waals surface area contributed by atoms with Crippen molar-refractivity contribution in [2.24, 2.45) is 0 Å². The van der Waals surface area contributed by atoms with Crippen molar-refractivity contribution in [2.75, 3.05) is 13.2 Å². The van der Waals surface area contributed by atoms with Gasteiger partial charge in [-0.05, 0) is 16.8 Å². The van der Waals surface area contributed by atoms with E-state index in [1.54, 1.807) is 48.5 Å². The number of benzene rings is 2. The summed E-state index contributed by atoms with van der Waals surface area (Å²) in [5, 5.41) is 1.24. The Labute approximate surface area is 196 Å². The zero-order valence-corrected chi connectivity index (χ0v) is 20.5. The summed E-state index contributed by atoms with van der Waals surface area (Å²) in [5.41, 5.74) is 0. The van der Waals surface area contributed by atoms with Crippen molar-refractivity contribution in [1.82, 2.24) is 0 Å². The normalized spacial score (nSPS) is 12.4. The van der Waals surface area contributed by atoms with Gasteiger partial charge in [-0.25, -0.2) is 8.78 Å². The standard InChI is InChI=1S/C26H36F4O2Si/c1-2-3-4-5-6-7-8-9-16-21-31-33(23-17-12-10-13-18-23,24-19-14-11-15-20-24)32-22-26(29,30)25(27)28/h10-15,17-20,25H,2-9,16,21-22H2,1H3. The molecule has 2 aromatic rings. The van der Waals surface area contributed by atoms with Crippen molar-refractivity contribution in [3.8, 4) is 0 Å². The molecule has 0 spiro atoms. The minimum absolute atomic E-state index is 0.325. The molecule has 2 nitrogen and oxygen atoms in total. The van der Waals surface area contributed by atoms with Crippen LogP contribution < -0.4 is 10.4 Å². The Balaban J connectivity index is 2.08. The Bertz CT molecular complexity index is 720. The molecule has 0 amide bonds. The van der Waals surface area contributed by atoms with Crippen LogP contribution in [0.2, 0.25) is 0 Å². The average Bonchev–Trinajstić information content (AvgIpc) is 2.83. The van der Waals surface area contributed by atoms with Gasteiger partial charge in [0.1, 0.15) is 6.61 Å². The molecule has 2 rings (SSSR count). The molecule has 0 N–H and O–H groups in total. The van der Waals surface area contributed by atoms with Crippen LogP contribution in [0.15, 0.2) is 60.7 Å². The minimum Gasteiger partial charge on any atom is -0.388 e. The Morgan fingerprint density at radius 2 is 1.15 bits per heavy atom. The molecule has 0 atom stereocenters. The van der Waals surface area contributed by atoms with Crippen molar-refractivity contribution in [3.05, 3.63) is 60.7 Å². The summed E-state index contributed by atoms with van der Waals surface area (Å²) in [7, 11) is -3.61. The van der Waals surface area contributed by atoms with Gasteiger partial charge in [-0.1, -0.05) is 119 Å². The number of unbranched alkanes of at least 4 members (excludes halogenated alkanes) is 8. The fourth-order valence-electron chi connectivity index (χ4n) is 3.75. The van der Waals surface area contributed by atoms with E-state index in [2.05, 4.69) is 6.92 Å². The maximum Gasteiger partial charge on any atom is 0.407 e. The smallest absolute Gasteiger partial charge is 0.388 e. The Morgan fingerprint density at radius 3 is 1.61 bits per heavy atom. The van der Waals surface area contributed by atoms with E-state index in [0.29, 0.717) is 17.0 Å². The van der Waals surface area contributed by atoms with Crippen LogP contribution in [0.25, 0.3) is 0 Å². The van der Waals surface area contributed by atoms with E-state index in [1.165, 1.54) is 38.5 Å². The van der Waals surface area contributed by atoms with Crippen LogP contribution in [0.4, 0.5) is 17.6 Å². The summed E-state index contributed by atoms with van der Waals surface area (Å²) in [5.74, 6) is -4.25. The first-order valence-corrected chi connectivity index (χ1v) is 13.8. The van der Waals surface area contributed by atoms with Crippen LogP contribution in [0.1, 0.15) is 64.7 Å². The average molecular weight is 485 g/mol. The van der Waals surface area contributed by atoms with E-state index in [9.17, 15) is 17.6 Å². The molecule has 0 heterocycles. The number of halogens is 4. The highest BCUT2D eigenvalue weighted by molar-refractivity contribution is 6.92. The van der Waals surface area contributed by atoms with Crippen molar-refractivity contribution in [1.29, 1.82) is 0 Å². The lowest BCUT2D eigenvalue weighted by Gasteiger charge is -2.33. The Hall–Kier alpha value is -1.70. The second-order valence-corrected chi connectivity index (χ2v) is 11.3. The lowest BCUT2D eigenvalue weighted by Crippen LogP contribution is -2.64. The molecular weight excluding hydrogens is 448 g/mol. The van der Waals surface area contributed by atoms with Crippen molar-refractivity contribution < 1.29 is 26.4 Å². The molecule has 2 aromatic carbocycles. The predicted molar refractivity (Wildman–Crippen MR) is 128 cm³/mol. The van der Waals surface area contributed by atoms with Gasteiger partial charge in [-0.15, -0.1) is 0 Å². The Kier molecular flexibility index (Phi) is 12.1. The van der Waals surface area contributed by atoms with Gasteiger partial charge < -0.3 is 8.85 Å². The van der Waals surface area contributed by atoms with Gasteiger partial charge in [-0.3, -0.25) is 0 Å². The predicted octanol–water partition coefficient (Wildman–Crippen LogP) is 6.71. The summed E-state index contributed by atoms with van der Waals surface area (Å²) >= 11 is 0. The third-order valence-corrected chi connectivity index (χ3v) is 9.00. The quantitative estimate of drug-likeness (QED) is 0.141. The largest absolute Gasteiger partial charge is 0.407 e. The van der Waals surface area contributed by atoms with Gasteiger partial charge in [0.2, 0.25) is 0 Å². The van der Waals surface area contributed by atoms with E-state index in [1.807, 2.05) is 12.1 Å². The van der Waals surface area contributed by atoms with E-state index in [0.717, 1.165) is 19.3 Å². The molecule has 0 aromatic heterocycles. The summed E-state index contributed by atoms with van der Waals surface area (Å²) in [6.07, 6.45) is 6.46. The molecule has 0 aliphatic rings. The fraction of sp³-hybridized carbons (Fsp3) is 0.538. The third-order valence-electron chi connectivity index (χ3n) is 5.65. The van der Waals surface area contributed by atoms with E-state index in [4.69, 9.17) is 8.85 Å². The SMILES string of the molecule is CCCCCCCCCCCO[Si](OCC(F)(F)C(F)F)(c1ccccc1)c1ccccc1.